The number of rotatable bonds is 8. The van der Waals surface area contributed by atoms with Crippen LogP contribution in [0, 0.1) is 0 Å². The van der Waals surface area contributed by atoms with Gasteiger partial charge in [-0.3, -0.25) is 0 Å². The van der Waals surface area contributed by atoms with Crippen molar-refractivity contribution in [1.82, 2.24) is 10.6 Å². The van der Waals surface area contributed by atoms with E-state index in [0.717, 1.165) is 24.8 Å². The van der Waals surface area contributed by atoms with E-state index in [4.69, 9.17) is 21.1 Å². The van der Waals surface area contributed by atoms with E-state index >= 15 is 0 Å². The number of nitrogens with zero attached hydrogens (tertiary/aromatic N) is 1. The lowest BCUT2D eigenvalue weighted by Gasteiger charge is -2.15. The third-order valence-electron chi connectivity index (χ3n) is 2.60. The molecule has 1 rings (SSSR count). The Morgan fingerprint density at radius 1 is 1.27 bits per heavy atom. The standard InChI is InChI=1S/C15H24ClN3O2.HI/c1-4-17-15(18-9-10-20-3)19-11-12(2)21-14-7-5-13(16)6-8-14;/h5-8,12H,4,9-11H2,1-3H3,(H2,17,18,19);1H. The van der Waals surface area contributed by atoms with Gasteiger partial charge in [0.2, 0.25) is 0 Å². The third kappa shape index (κ3) is 9.32. The Balaban J connectivity index is 0.00000441. The molecule has 0 heterocycles. The summed E-state index contributed by atoms with van der Waals surface area (Å²) >= 11 is 5.84. The van der Waals surface area contributed by atoms with Gasteiger partial charge >= 0.3 is 0 Å². The first-order valence-corrected chi connectivity index (χ1v) is 7.46. The van der Waals surface area contributed by atoms with Gasteiger partial charge in [-0.15, -0.1) is 24.0 Å². The molecule has 1 aromatic rings. The molecule has 5 nitrogen and oxygen atoms in total. The first kappa shape index (κ1) is 21.3. The Morgan fingerprint density at radius 3 is 2.55 bits per heavy atom. The molecule has 126 valence electrons. The Morgan fingerprint density at radius 2 is 1.95 bits per heavy atom. The zero-order chi connectivity index (χ0) is 15.5. The molecule has 0 spiro atoms. The maximum Gasteiger partial charge on any atom is 0.191 e. The van der Waals surface area contributed by atoms with Crippen LogP contribution in [0.4, 0.5) is 0 Å². The van der Waals surface area contributed by atoms with Gasteiger partial charge in [-0.05, 0) is 38.1 Å². The average molecular weight is 442 g/mol. The minimum atomic E-state index is -0.0240. The summed E-state index contributed by atoms with van der Waals surface area (Å²) in [7, 11) is 1.67. The van der Waals surface area contributed by atoms with Crippen molar-refractivity contribution in [2.24, 2.45) is 4.99 Å². The lowest BCUT2D eigenvalue weighted by atomic mass is 10.3. The molecule has 0 aliphatic carbocycles. The van der Waals surface area contributed by atoms with E-state index in [9.17, 15) is 0 Å². The minimum Gasteiger partial charge on any atom is -0.489 e. The highest BCUT2D eigenvalue weighted by molar-refractivity contribution is 14.0. The molecule has 0 bridgehead atoms. The van der Waals surface area contributed by atoms with Crippen molar-refractivity contribution in [2.75, 3.05) is 33.4 Å². The Hall–Kier alpha value is -0.730. The van der Waals surface area contributed by atoms with Gasteiger partial charge in [-0.1, -0.05) is 11.6 Å². The summed E-state index contributed by atoms with van der Waals surface area (Å²) in [6.07, 6.45) is -0.0240. The van der Waals surface area contributed by atoms with Crippen molar-refractivity contribution in [2.45, 2.75) is 20.0 Å². The quantitative estimate of drug-likeness (QED) is 0.282. The maximum atomic E-state index is 5.84. The van der Waals surface area contributed by atoms with Crippen LogP contribution in [0.25, 0.3) is 0 Å². The molecular formula is C15H25ClIN3O2. The number of halogens is 2. The average Bonchev–Trinajstić information content (AvgIpc) is 2.47. The summed E-state index contributed by atoms with van der Waals surface area (Å²) in [5, 5.41) is 7.07. The molecule has 0 amide bonds. The van der Waals surface area contributed by atoms with Gasteiger partial charge in [0, 0.05) is 25.2 Å². The Bertz CT molecular complexity index is 429. The van der Waals surface area contributed by atoms with Crippen LogP contribution in [-0.2, 0) is 4.74 Å². The van der Waals surface area contributed by atoms with Crippen molar-refractivity contribution < 1.29 is 9.47 Å². The molecule has 0 radical (unpaired) electrons. The van der Waals surface area contributed by atoms with Crippen LogP contribution in [0.5, 0.6) is 5.75 Å². The van der Waals surface area contributed by atoms with Gasteiger partial charge in [0.15, 0.2) is 5.96 Å². The predicted molar refractivity (Wildman–Crippen MR) is 103 cm³/mol. The summed E-state index contributed by atoms with van der Waals surface area (Å²) < 4.78 is 10.8. The summed E-state index contributed by atoms with van der Waals surface area (Å²) in [5.74, 6) is 1.56. The van der Waals surface area contributed by atoms with E-state index in [1.54, 1.807) is 7.11 Å². The number of hydrogen-bond acceptors (Lipinski definition) is 3. The van der Waals surface area contributed by atoms with E-state index < -0.39 is 0 Å². The Kier molecular flexibility index (Phi) is 12.4. The first-order chi connectivity index (χ1) is 10.2. The number of ether oxygens (including phenoxy) is 2. The van der Waals surface area contributed by atoms with Crippen molar-refractivity contribution >= 4 is 41.5 Å². The molecule has 0 saturated heterocycles. The van der Waals surface area contributed by atoms with Gasteiger partial charge in [0.05, 0.1) is 13.2 Å². The topological polar surface area (TPSA) is 54.9 Å². The SMILES string of the molecule is CCNC(=NCC(C)Oc1ccc(Cl)cc1)NCCOC.I. The van der Waals surface area contributed by atoms with Crippen LogP contribution in [0.15, 0.2) is 29.3 Å². The summed E-state index contributed by atoms with van der Waals surface area (Å²) in [5.41, 5.74) is 0. The second kappa shape index (κ2) is 12.8. The largest absolute Gasteiger partial charge is 0.489 e. The predicted octanol–water partition coefficient (Wildman–Crippen LogP) is 2.93. The zero-order valence-electron chi connectivity index (χ0n) is 13.3. The molecule has 1 aromatic carbocycles. The molecule has 0 fully saturated rings. The van der Waals surface area contributed by atoms with Crippen LogP contribution in [0.1, 0.15) is 13.8 Å². The second-order valence-electron chi connectivity index (χ2n) is 4.52. The normalized spacial score (nSPS) is 12.3. The van der Waals surface area contributed by atoms with Crippen LogP contribution in [0.3, 0.4) is 0 Å². The van der Waals surface area contributed by atoms with Crippen LogP contribution in [-0.4, -0.2) is 45.4 Å². The van der Waals surface area contributed by atoms with Gasteiger partial charge in [-0.2, -0.15) is 0 Å². The van der Waals surface area contributed by atoms with E-state index in [-0.39, 0.29) is 30.1 Å². The highest BCUT2D eigenvalue weighted by atomic mass is 127. The molecule has 0 saturated carbocycles. The number of guanidine groups is 1. The number of benzene rings is 1. The monoisotopic (exact) mass is 441 g/mol. The van der Waals surface area contributed by atoms with Gasteiger partial charge in [0.1, 0.15) is 11.9 Å². The minimum absolute atomic E-state index is 0. The maximum absolute atomic E-state index is 5.84. The first-order valence-electron chi connectivity index (χ1n) is 7.09. The van der Waals surface area contributed by atoms with Gasteiger partial charge < -0.3 is 20.1 Å². The zero-order valence-corrected chi connectivity index (χ0v) is 16.4. The van der Waals surface area contributed by atoms with Crippen LogP contribution < -0.4 is 15.4 Å². The van der Waals surface area contributed by atoms with Gasteiger partial charge in [0.25, 0.3) is 0 Å². The highest BCUT2D eigenvalue weighted by Gasteiger charge is 2.04. The van der Waals surface area contributed by atoms with Crippen LogP contribution >= 0.6 is 35.6 Å². The molecule has 0 aromatic heterocycles. The van der Waals surface area contributed by atoms with Crippen molar-refractivity contribution in [1.29, 1.82) is 0 Å². The van der Waals surface area contributed by atoms with E-state index in [1.807, 2.05) is 38.1 Å². The second-order valence-corrected chi connectivity index (χ2v) is 4.96. The summed E-state index contributed by atoms with van der Waals surface area (Å²) in [6.45, 7) is 6.74. The summed E-state index contributed by atoms with van der Waals surface area (Å²) in [4.78, 5) is 4.49. The fourth-order valence-corrected chi connectivity index (χ4v) is 1.74. The lowest BCUT2D eigenvalue weighted by Crippen LogP contribution is -2.39. The smallest absolute Gasteiger partial charge is 0.191 e. The molecule has 22 heavy (non-hydrogen) atoms. The van der Waals surface area contributed by atoms with E-state index in [0.29, 0.717) is 18.2 Å². The van der Waals surface area contributed by atoms with Crippen molar-refractivity contribution in [3.63, 3.8) is 0 Å². The van der Waals surface area contributed by atoms with Gasteiger partial charge in [-0.25, -0.2) is 4.99 Å². The fourth-order valence-electron chi connectivity index (χ4n) is 1.62. The number of nitrogens with one attached hydrogen (secondary N) is 2. The van der Waals surface area contributed by atoms with E-state index in [1.165, 1.54) is 0 Å². The Labute approximate surface area is 154 Å². The molecule has 1 unspecified atom stereocenters. The molecule has 0 aliphatic rings. The molecule has 1 atom stereocenters. The number of hydrogen-bond donors (Lipinski definition) is 2. The van der Waals surface area contributed by atoms with Crippen LogP contribution in [0.2, 0.25) is 5.02 Å². The van der Waals surface area contributed by atoms with Crippen molar-refractivity contribution in [3.05, 3.63) is 29.3 Å². The molecular weight excluding hydrogens is 417 g/mol. The molecule has 0 aliphatic heterocycles. The fraction of sp³-hybridized carbons (Fsp3) is 0.533. The molecule has 2 N–H and O–H groups in total. The highest BCUT2D eigenvalue weighted by Crippen LogP contribution is 2.16. The van der Waals surface area contributed by atoms with E-state index in [2.05, 4.69) is 15.6 Å². The molecule has 7 heteroatoms. The number of methoxy groups -OCH3 is 1. The lowest BCUT2D eigenvalue weighted by molar-refractivity contribution is 0.203. The number of aliphatic imine (C=N–C) groups is 1. The summed E-state index contributed by atoms with van der Waals surface area (Å²) in [6, 6.07) is 7.32. The third-order valence-corrected chi connectivity index (χ3v) is 2.85. The van der Waals surface area contributed by atoms with Crippen molar-refractivity contribution in [3.8, 4) is 5.75 Å².